The van der Waals surface area contributed by atoms with Crippen LogP contribution in [0.3, 0.4) is 0 Å². The number of aliphatic hydroxyl groups is 1. The fourth-order valence-corrected chi connectivity index (χ4v) is 2.35. The Morgan fingerprint density at radius 3 is 2.35 bits per heavy atom. The fourth-order valence-electron chi connectivity index (χ4n) is 2.35. The molecule has 1 unspecified atom stereocenters. The van der Waals surface area contributed by atoms with Crippen LogP contribution in [0, 0.1) is 5.82 Å². The van der Waals surface area contributed by atoms with E-state index in [0.717, 1.165) is 25.9 Å². The Morgan fingerprint density at radius 2 is 1.82 bits per heavy atom. The minimum absolute atomic E-state index is 0.217. The van der Waals surface area contributed by atoms with Crippen molar-refractivity contribution < 1.29 is 9.50 Å². The first-order valence-corrected chi connectivity index (χ1v) is 6.41. The first kappa shape index (κ1) is 12.4. The summed E-state index contributed by atoms with van der Waals surface area (Å²) in [7, 11) is 0. The quantitative estimate of drug-likeness (QED) is 0.853. The number of hydrogen-bond donors (Lipinski definition) is 1. The van der Waals surface area contributed by atoms with Crippen LogP contribution in [-0.2, 0) is 0 Å². The standard InChI is InChI=1S/C14H20FNO/c1-11(17)12-6-7-14(13(15)10-12)16-8-4-2-3-5-9-16/h6-7,10-11,17H,2-5,8-9H2,1H3. The molecular weight excluding hydrogens is 217 g/mol. The van der Waals surface area contributed by atoms with E-state index in [0.29, 0.717) is 11.3 Å². The summed E-state index contributed by atoms with van der Waals surface area (Å²) in [5, 5.41) is 9.41. The highest BCUT2D eigenvalue weighted by Gasteiger charge is 2.14. The van der Waals surface area contributed by atoms with Gasteiger partial charge in [-0.3, -0.25) is 0 Å². The van der Waals surface area contributed by atoms with E-state index in [-0.39, 0.29) is 5.82 Å². The number of rotatable bonds is 2. The summed E-state index contributed by atoms with van der Waals surface area (Å²) in [5.74, 6) is -0.217. The topological polar surface area (TPSA) is 23.5 Å². The maximum absolute atomic E-state index is 14.0. The second-order valence-electron chi connectivity index (χ2n) is 4.79. The molecule has 94 valence electrons. The van der Waals surface area contributed by atoms with Crippen molar-refractivity contribution in [2.75, 3.05) is 18.0 Å². The molecular formula is C14H20FNO. The van der Waals surface area contributed by atoms with Crippen molar-refractivity contribution in [3.63, 3.8) is 0 Å². The summed E-state index contributed by atoms with van der Waals surface area (Å²) in [6.07, 6.45) is 4.14. The van der Waals surface area contributed by atoms with E-state index >= 15 is 0 Å². The molecule has 0 saturated carbocycles. The minimum atomic E-state index is -0.609. The minimum Gasteiger partial charge on any atom is -0.389 e. The van der Waals surface area contributed by atoms with Crippen molar-refractivity contribution in [2.45, 2.75) is 38.7 Å². The van der Waals surface area contributed by atoms with E-state index in [4.69, 9.17) is 0 Å². The summed E-state index contributed by atoms with van der Waals surface area (Å²) in [6.45, 7) is 3.52. The Labute approximate surface area is 102 Å². The van der Waals surface area contributed by atoms with Gasteiger partial charge in [0.1, 0.15) is 5.82 Å². The zero-order valence-corrected chi connectivity index (χ0v) is 10.3. The molecule has 1 N–H and O–H groups in total. The van der Waals surface area contributed by atoms with E-state index in [1.165, 1.54) is 18.9 Å². The predicted octanol–water partition coefficient (Wildman–Crippen LogP) is 3.26. The van der Waals surface area contributed by atoms with Crippen LogP contribution in [-0.4, -0.2) is 18.2 Å². The summed E-state index contributed by atoms with van der Waals surface area (Å²) in [5.41, 5.74) is 1.32. The second-order valence-corrected chi connectivity index (χ2v) is 4.79. The van der Waals surface area contributed by atoms with E-state index in [1.807, 2.05) is 6.07 Å². The normalized spacial score (nSPS) is 18.9. The van der Waals surface area contributed by atoms with Gasteiger partial charge < -0.3 is 10.0 Å². The molecule has 1 aromatic carbocycles. The van der Waals surface area contributed by atoms with Crippen LogP contribution < -0.4 is 4.90 Å². The van der Waals surface area contributed by atoms with Crippen LogP contribution in [0.15, 0.2) is 18.2 Å². The van der Waals surface area contributed by atoms with Gasteiger partial charge in [-0.05, 0) is 37.5 Å². The summed E-state index contributed by atoms with van der Waals surface area (Å²) >= 11 is 0. The van der Waals surface area contributed by atoms with Crippen LogP contribution >= 0.6 is 0 Å². The Balaban J connectivity index is 2.19. The van der Waals surface area contributed by atoms with Crippen molar-refractivity contribution in [1.29, 1.82) is 0 Å². The van der Waals surface area contributed by atoms with Gasteiger partial charge in [0.25, 0.3) is 0 Å². The largest absolute Gasteiger partial charge is 0.389 e. The molecule has 2 nitrogen and oxygen atoms in total. The number of halogens is 1. The maximum Gasteiger partial charge on any atom is 0.146 e. The monoisotopic (exact) mass is 237 g/mol. The molecule has 1 atom stereocenters. The highest BCUT2D eigenvalue weighted by molar-refractivity contribution is 5.49. The van der Waals surface area contributed by atoms with Gasteiger partial charge in [0.15, 0.2) is 0 Å². The molecule has 17 heavy (non-hydrogen) atoms. The summed E-state index contributed by atoms with van der Waals surface area (Å²) < 4.78 is 14.0. The fraction of sp³-hybridized carbons (Fsp3) is 0.571. The third kappa shape index (κ3) is 2.97. The lowest BCUT2D eigenvalue weighted by molar-refractivity contribution is 0.199. The first-order chi connectivity index (χ1) is 8.18. The molecule has 0 bridgehead atoms. The molecule has 0 spiro atoms. The number of aliphatic hydroxyl groups excluding tert-OH is 1. The van der Waals surface area contributed by atoms with Crippen LogP contribution in [0.1, 0.15) is 44.3 Å². The molecule has 1 fully saturated rings. The molecule has 3 heteroatoms. The Hall–Kier alpha value is -1.09. The summed E-state index contributed by atoms with van der Waals surface area (Å²) in [4.78, 5) is 2.12. The highest BCUT2D eigenvalue weighted by atomic mass is 19.1. The average molecular weight is 237 g/mol. The van der Waals surface area contributed by atoms with Crippen molar-refractivity contribution >= 4 is 5.69 Å². The van der Waals surface area contributed by atoms with Gasteiger partial charge >= 0.3 is 0 Å². The van der Waals surface area contributed by atoms with Crippen molar-refractivity contribution in [3.05, 3.63) is 29.6 Å². The van der Waals surface area contributed by atoms with Gasteiger partial charge in [0, 0.05) is 13.1 Å². The van der Waals surface area contributed by atoms with Gasteiger partial charge in [-0.25, -0.2) is 4.39 Å². The lowest BCUT2D eigenvalue weighted by atomic mass is 10.1. The molecule has 1 aliphatic rings. The molecule has 0 amide bonds. The third-order valence-corrected chi connectivity index (χ3v) is 3.40. The van der Waals surface area contributed by atoms with Gasteiger partial charge in [0.05, 0.1) is 11.8 Å². The molecule has 1 aliphatic heterocycles. The van der Waals surface area contributed by atoms with Crippen LogP contribution in [0.25, 0.3) is 0 Å². The van der Waals surface area contributed by atoms with Gasteiger partial charge in [0.2, 0.25) is 0 Å². The molecule has 0 aromatic heterocycles. The molecule has 2 rings (SSSR count). The lowest BCUT2D eigenvalue weighted by Crippen LogP contribution is -2.24. The SMILES string of the molecule is CC(O)c1ccc(N2CCCCCC2)c(F)c1. The van der Waals surface area contributed by atoms with Crippen molar-refractivity contribution in [1.82, 2.24) is 0 Å². The summed E-state index contributed by atoms with van der Waals surface area (Å²) in [6, 6.07) is 5.06. The van der Waals surface area contributed by atoms with Crippen molar-refractivity contribution in [2.24, 2.45) is 0 Å². The molecule has 1 aromatic rings. The average Bonchev–Trinajstić information content (AvgIpc) is 2.57. The maximum atomic E-state index is 14.0. The van der Waals surface area contributed by atoms with Gasteiger partial charge in [-0.2, -0.15) is 0 Å². The Bertz CT molecular complexity index is 370. The number of nitrogens with zero attached hydrogens (tertiary/aromatic N) is 1. The molecule has 1 heterocycles. The Morgan fingerprint density at radius 1 is 1.18 bits per heavy atom. The van der Waals surface area contributed by atoms with E-state index in [1.54, 1.807) is 13.0 Å². The molecule has 0 aliphatic carbocycles. The number of benzene rings is 1. The van der Waals surface area contributed by atoms with Gasteiger partial charge in [-0.15, -0.1) is 0 Å². The zero-order valence-electron chi connectivity index (χ0n) is 10.3. The zero-order chi connectivity index (χ0) is 12.3. The van der Waals surface area contributed by atoms with Gasteiger partial charge in [-0.1, -0.05) is 18.9 Å². The van der Waals surface area contributed by atoms with Crippen molar-refractivity contribution in [3.8, 4) is 0 Å². The van der Waals surface area contributed by atoms with E-state index in [9.17, 15) is 9.50 Å². The van der Waals surface area contributed by atoms with Crippen LogP contribution in [0.4, 0.5) is 10.1 Å². The first-order valence-electron chi connectivity index (χ1n) is 6.41. The third-order valence-electron chi connectivity index (χ3n) is 3.40. The lowest BCUT2D eigenvalue weighted by Gasteiger charge is -2.23. The van der Waals surface area contributed by atoms with E-state index in [2.05, 4.69) is 4.90 Å². The molecule has 1 saturated heterocycles. The smallest absolute Gasteiger partial charge is 0.146 e. The second kappa shape index (κ2) is 5.50. The highest BCUT2D eigenvalue weighted by Crippen LogP contribution is 2.25. The Kier molecular flexibility index (Phi) is 4.00. The number of anilines is 1. The number of hydrogen-bond acceptors (Lipinski definition) is 2. The van der Waals surface area contributed by atoms with E-state index < -0.39 is 6.10 Å². The molecule has 0 radical (unpaired) electrons. The predicted molar refractivity (Wildman–Crippen MR) is 67.7 cm³/mol. The van der Waals surface area contributed by atoms with Crippen LogP contribution in [0.5, 0.6) is 0 Å². The van der Waals surface area contributed by atoms with Crippen LogP contribution in [0.2, 0.25) is 0 Å².